The summed E-state index contributed by atoms with van der Waals surface area (Å²) in [4.78, 5) is 0. The molecule has 3 fully saturated rings. The van der Waals surface area contributed by atoms with Gasteiger partial charge in [-0.25, -0.2) is 0 Å². The molecule has 3 aliphatic rings. The summed E-state index contributed by atoms with van der Waals surface area (Å²) in [7, 11) is 0. The molecule has 0 aromatic rings. The largest absolute Gasteiger partial charge is 0.378 e. The fraction of sp³-hybridized carbons (Fsp3) is 0.905. The lowest BCUT2D eigenvalue weighted by Gasteiger charge is -2.27. The van der Waals surface area contributed by atoms with Gasteiger partial charge in [0.2, 0.25) is 0 Å². The Morgan fingerprint density at radius 2 is 1.65 bits per heavy atom. The average Bonchev–Trinajstić information content (AvgIpc) is 2.97. The highest BCUT2D eigenvalue weighted by molar-refractivity contribution is 4.84. The molecule has 132 valence electrons. The van der Waals surface area contributed by atoms with Crippen LogP contribution in [-0.2, 0) is 9.47 Å². The first-order valence-corrected chi connectivity index (χ1v) is 10.3. The van der Waals surface area contributed by atoms with E-state index >= 15 is 0 Å². The maximum Gasteiger partial charge on any atom is 0.0610 e. The van der Waals surface area contributed by atoms with Gasteiger partial charge in [-0.3, -0.25) is 0 Å². The molecule has 0 amide bonds. The minimum Gasteiger partial charge on any atom is -0.378 e. The Kier molecular flexibility index (Phi) is 7.74. The predicted molar refractivity (Wildman–Crippen MR) is 95.1 cm³/mol. The molecule has 3 rings (SSSR count). The molecule has 4 unspecified atom stereocenters. The molecule has 0 saturated heterocycles. The first-order chi connectivity index (χ1) is 11.4. The van der Waals surface area contributed by atoms with Gasteiger partial charge in [0.05, 0.1) is 18.3 Å². The zero-order valence-corrected chi connectivity index (χ0v) is 14.9. The van der Waals surface area contributed by atoms with E-state index in [1.165, 1.54) is 89.9 Å². The van der Waals surface area contributed by atoms with Crippen LogP contribution in [0.25, 0.3) is 0 Å². The summed E-state index contributed by atoms with van der Waals surface area (Å²) in [6, 6.07) is 0. The Morgan fingerprint density at radius 3 is 2.57 bits per heavy atom. The molecule has 0 bridgehead atoms. The maximum absolute atomic E-state index is 6.37. The first-order valence-electron chi connectivity index (χ1n) is 10.3. The number of ether oxygens (including phenoxy) is 2. The molecule has 3 saturated carbocycles. The standard InChI is InChI=1S/C21H36O2/c1-2-5-11-19(10-4-1)22-17-18-9-8-14-21(16-15-18)23-20-12-6-3-7-13-20/h1,12,18-21H,2-11,13-17H2. The molecule has 23 heavy (non-hydrogen) atoms. The Bertz CT molecular complexity index is 303. The van der Waals surface area contributed by atoms with Gasteiger partial charge in [-0.05, 0) is 76.5 Å². The molecule has 0 N–H and O–H groups in total. The van der Waals surface area contributed by atoms with Crippen LogP contribution in [0.3, 0.4) is 0 Å². The van der Waals surface area contributed by atoms with Crippen molar-refractivity contribution in [2.45, 2.75) is 108 Å². The van der Waals surface area contributed by atoms with Gasteiger partial charge in [0.15, 0.2) is 0 Å². The monoisotopic (exact) mass is 320 g/mol. The highest BCUT2D eigenvalue weighted by Crippen LogP contribution is 2.29. The highest BCUT2D eigenvalue weighted by Gasteiger charge is 2.24. The summed E-state index contributed by atoms with van der Waals surface area (Å²) in [5, 5.41) is 0. The summed E-state index contributed by atoms with van der Waals surface area (Å²) in [5.41, 5.74) is 0. The van der Waals surface area contributed by atoms with Crippen LogP contribution in [0.1, 0.15) is 89.9 Å². The predicted octanol–water partition coefficient (Wildman–Crippen LogP) is 5.65. The Hall–Kier alpha value is -0.0800. The smallest absolute Gasteiger partial charge is 0.0610 e. The Morgan fingerprint density at radius 1 is 0.696 bits per heavy atom. The maximum atomic E-state index is 6.37. The first kappa shape index (κ1) is 17.7. The van der Waals surface area contributed by atoms with Gasteiger partial charge >= 0.3 is 0 Å². The average molecular weight is 321 g/mol. The fourth-order valence-electron chi connectivity index (χ4n) is 4.45. The van der Waals surface area contributed by atoms with Crippen LogP contribution in [0, 0.1) is 18.8 Å². The lowest BCUT2D eigenvalue weighted by Crippen LogP contribution is -2.24. The molecule has 4 atom stereocenters. The van der Waals surface area contributed by atoms with Crippen molar-refractivity contribution in [2.75, 3.05) is 6.61 Å². The minimum absolute atomic E-state index is 0.448. The Labute approximate surface area is 143 Å². The van der Waals surface area contributed by atoms with Gasteiger partial charge in [0.1, 0.15) is 0 Å². The van der Waals surface area contributed by atoms with Crippen LogP contribution in [0.15, 0.2) is 0 Å². The van der Waals surface area contributed by atoms with Crippen molar-refractivity contribution in [3.8, 4) is 0 Å². The second kappa shape index (κ2) is 10.0. The zero-order chi connectivity index (χ0) is 15.7. The minimum atomic E-state index is 0.448. The van der Waals surface area contributed by atoms with Crippen molar-refractivity contribution in [3.63, 3.8) is 0 Å². The van der Waals surface area contributed by atoms with Crippen molar-refractivity contribution >= 4 is 0 Å². The van der Waals surface area contributed by atoms with Crippen molar-refractivity contribution in [1.29, 1.82) is 0 Å². The second-order valence-electron chi connectivity index (χ2n) is 7.94. The highest BCUT2D eigenvalue weighted by atomic mass is 16.5. The third kappa shape index (κ3) is 6.38. The van der Waals surface area contributed by atoms with Crippen LogP contribution >= 0.6 is 0 Å². The zero-order valence-electron chi connectivity index (χ0n) is 14.9. The van der Waals surface area contributed by atoms with E-state index in [9.17, 15) is 0 Å². The Balaban J connectivity index is 1.34. The lowest BCUT2D eigenvalue weighted by molar-refractivity contribution is -0.0165. The van der Waals surface area contributed by atoms with Gasteiger partial charge in [-0.2, -0.15) is 0 Å². The molecule has 0 heterocycles. The van der Waals surface area contributed by atoms with E-state index in [0.717, 1.165) is 12.5 Å². The van der Waals surface area contributed by atoms with Crippen molar-refractivity contribution in [3.05, 3.63) is 12.8 Å². The van der Waals surface area contributed by atoms with E-state index < -0.39 is 0 Å². The summed E-state index contributed by atoms with van der Waals surface area (Å²) in [5.74, 6) is 0.770. The fourth-order valence-corrected chi connectivity index (χ4v) is 4.45. The molecule has 2 heteroatoms. The molecule has 0 aliphatic heterocycles. The number of hydrogen-bond acceptors (Lipinski definition) is 2. The summed E-state index contributed by atoms with van der Waals surface area (Å²) in [6.45, 7) is 0.993. The van der Waals surface area contributed by atoms with Gasteiger partial charge < -0.3 is 9.47 Å². The summed E-state index contributed by atoms with van der Waals surface area (Å²) < 4.78 is 12.6. The van der Waals surface area contributed by atoms with Crippen molar-refractivity contribution < 1.29 is 9.47 Å². The topological polar surface area (TPSA) is 18.5 Å². The van der Waals surface area contributed by atoms with E-state index in [4.69, 9.17) is 9.47 Å². The van der Waals surface area contributed by atoms with Crippen LogP contribution in [-0.4, -0.2) is 24.9 Å². The molecule has 0 aromatic carbocycles. The molecular formula is C21H36O2. The third-order valence-electron chi connectivity index (χ3n) is 5.97. The van der Waals surface area contributed by atoms with Crippen LogP contribution < -0.4 is 0 Å². The van der Waals surface area contributed by atoms with Gasteiger partial charge in [-0.1, -0.05) is 32.1 Å². The van der Waals surface area contributed by atoms with Crippen molar-refractivity contribution in [2.24, 2.45) is 5.92 Å². The molecule has 3 aliphatic carbocycles. The SMILES string of the molecule is [CH]1CCCC(OCC2CCCC(OC3[CH]CCCC3)CC2)CC1. The van der Waals surface area contributed by atoms with E-state index in [1.807, 2.05) is 0 Å². The molecule has 0 spiro atoms. The second-order valence-corrected chi connectivity index (χ2v) is 7.94. The van der Waals surface area contributed by atoms with Crippen molar-refractivity contribution in [1.82, 2.24) is 0 Å². The molecule has 0 aromatic heterocycles. The van der Waals surface area contributed by atoms with Gasteiger partial charge in [0.25, 0.3) is 0 Å². The third-order valence-corrected chi connectivity index (χ3v) is 5.97. The van der Waals surface area contributed by atoms with Gasteiger partial charge in [0, 0.05) is 6.61 Å². The van der Waals surface area contributed by atoms with E-state index in [-0.39, 0.29) is 0 Å². The molecule has 2 radical (unpaired) electrons. The normalized spacial score (nSPS) is 32.3. The van der Waals surface area contributed by atoms with Crippen LogP contribution in [0.2, 0.25) is 0 Å². The summed E-state index contributed by atoms with van der Waals surface area (Å²) >= 11 is 0. The van der Waals surface area contributed by atoms with Gasteiger partial charge in [-0.15, -0.1) is 0 Å². The van der Waals surface area contributed by atoms with Crippen LogP contribution in [0.4, 0.5) is 0 Å². The molecular weight excluding hydrogens is 284 g/mol. The molecule has 2 nitrogen and oxygen atoms in total. The number of rotatable bonds is 5. The van der Waals surface area contributed by atoms with E-state index in [2.05, 4.69) is 12.8 Å². The summed E-state index contributed by atoms with van der Waals surface area (Å²) in [6.07, 6.45) is 24.4. The lowest BCUT2D eigenvalue weighted by atomic mass is 9.97. The quantitative estimate of drug-likeness (QED) is 0.609. The van der Waals surface area contributed by atoms with Crippen LogP contribution in [0.5, 0.6) is 0 Å². The van der Waals surface area contributed by atoms with E-state index in [0.29, 0.717) is 18.3 Å². The van der Waals surface area contributed by atoms with E-state index in [1.54, 1.807) is 0 Å². The number of hydrogen-bond donors (Lipinski definition) is 0.